The lowest BCUT2D eigenvalue weighted by molar-refractivity contribution is 0.734. The second-order valence-corrected chi connectivity index (χ2v) is 4.40. The van der Waals surface area contributed by atoms with E-state index < -0.39 is 0 Å². The standard InChI is InChI=1S/C9H9N7S/c1-6-7(17-5-11-6)4-10-8-2-3-9-12-14-15-16(9)13-8/h2-3,5H,4H2,1H3,(H,10,13). The predicted molar refractivity (Wildman–Crippen MR) is 62.8 cm³/mol. The topological polar surface area (TPSA) is 80.9 Å². The van der Waals surface area contributed by atoms with E-state index in [1.807, 2.05) is 24.6 Å². The second kappa shape index (κ2) is 4.06. The van der Waals surface area contributed by atoms with Gasteiger partial charge < -0.3 is 5.32 Å². The van der Waals surface area contributed by atoms with E-state index in [0.29, 0.717) is 12.2 Å². The Morgan fingerprint density at radius 2 is 2.35 bits per heavy atom. The van der Waals surface area contributed by atoms with Gasteiger partial charge in [-0.3, -0.25) is 0 Å². The van der Waals surface area contributed by atoms with Crippen LogP contribution in [-0.4, -0.2) is 30.2 Å². The van der Waals surface area contributed by atoms with Crippen LogP contribution in [0.4, 0.5) is 5.82 Å². The molecule has 3 rings (SSSR count). The summed E-state index contributed by atoms with van der Waals surface area (Å²) in [5.41, 5.74) is 3.51. The van der Waals surface area contributed by atoms with Crippen molar-refractivity contribution in [1.82, 2.24) is 30.2 Å². The van der Waals surface area contributed by atoms with Crippen LogP contribution in [0.2, 0.25) is 0 Å². The minimum atomic E-state index is 0.629. The number of aryl methyl sites for hydroxylation is 1. The first kappa shape index (κ1) is 10.1. The van der Waals surface area contributed by atoms with E-state index in [2.05, 4.69) is 30.9 Å². The molecule has 0 spiro atoms. The Labute approximate surface area is 100 Å². The van der Waals surface area contributed by atoms with Crippen molar-refractivity contribution < 1.29 is 0 Å². The molecule has 0 aromatic carbocycles. The summed E-state index contributed by atoms with van der Waals surface area (Å²) in [7, 11) is 0. The minimum absolute atomic E-state index is 0.629. The van der Waals surface area contributed by atoms with Crippen molar-refractivity contribution in [1.29, 1.82) is 0 Å². The van der Waals surface area contributed by atoms with Crippen LogP contribution in [0, 0.1) is 6.92 Å². The number of anilines is 1. The Balaban J connectivity index is 1.78. The molecule has 3 aromatic rings. The van der Waals surface area contributed by atoms with Crippen LogP contribution in [0.5, 0.6) is 0 Å². The minimum Gasteiger partial charge on any atom is -0.364 e. The lowest BCUT2D eigenvalue weighted by Gasteiger charge is -2.03. The highest BCUT2D eigenvalue weighted by molar-refractivity contribution is 7.09. The van der Waals surface area contributed by atoms with Gasteiger partial charge in [0.1, 0.15) is 5.82 Å². The van der Waals surface area contributed by atoms with Gasteiger partial charge in [0.2, 0.25) is 0 Å². The highest BCUT2D eigenvalue weighted by atomic mass is 32.1. The molecule has 0 saturated heterocycles. The molecule has 0 atom stereocenters. The number of hydrogen-bond acceptors (Lipinski definition) is 7. The molecule has 3 aromatic heterocycles. The fourth-order valence-electron chi connectivity index (χ4n) is 1.41. The molecule has 0 radical (unpaired) electrons. The van der Waals surface area contributed by atoms with Gasteiger partial charge in [-0.15, -0.1) is 26.2 Å². The average molecular weight is 247 g/mol. The van der Waals surface area contributed by atoms with Crippen LogP contribution in [0.15, 0.2) is 17.6 Å². The Morgan fingerprint density at radius 3 is 3.18 bits per heavy atom. The van der Waals surface area contributed by atoms with Crippen molar-refractivity contribution in [3.63, 3.8) is 0 Å². The van der Waals surface area contributed by atoms with Gasteiger partial charge in [0.15, 0.2) is 5.65 Å². The van der Waals surface area contributed by atoms with E-state index in [1.165, 1.54) is 9.51 Å². The molecule has 17 heavy (non-hydrogen) atoms. The number of fused-ring (bicyclic) bond motifs is 1. The zero-order valence-corrected chi connectivity index (χ0v) is 9.85. The Hall–Kier alpha value is -2.09. The highest BCUT2D eigenvalue weighted by Crippen LogP contribution is 2.14. The van der Waals surface area contributed by atoms with Gasteiger partial charge in [-0.25, -0.2) is 4.98 Å². The van der Waals surface area contributed by atoms with Crippen LogP contribution < -0.4 is 5.32 Å². The molecule has 0 amide bonds. The van der Waals surface area contributed by atoms with Gasteiger partial charge in [-0.1, -0.05) is 0 Å². The molecule has 0 bridgehead atoms. The Morgan fingerprint density at radius 1 is 1.41 bits per heavy atom. The monoisotopic (exact) mass is 247 g/mol. The fourth-order valence-corrected chi connectivity index (χ4v) is 2.13. The normalized spacial score (nSPS) is 10.9. The molecular formula is C9H9N7S. The van der Waals surface area contributed by atoms with Crippen molar-refractivity contribution >= 4 is 22.8 Å². The van der Waals surface area contributed by atoms with E-state index >= 15 is 0 Å². The van der Waals surface area contributed by atoms with Gasteiger partial charge in [-0.05, 0) is 29.5 Å². The van der Waals surface area contributed by atoms with Crippen molar-refractivity contribution in [2.24, 2.45) is 0 Å². The maximum atomic E-state index is 4.22. The highest BCUT2D eigenvalue weighted by Gasteiger charge is 2.03. The van der Waals surface area contributed by atoms with E-state index in [-0.39, 0.29) is 0 Å². The summed E-state index contributed by atoms with van der Waals surface area (Å²) < 4.78 is 1.39. The Bertz CT molecular complexity index is 643. The number of nitrogens with one attached hydrogen (secondary N) is 1. The number of aromatic nitrogens is 6. The van der Waals surface area contributed by atoms with E-state index in [1.54, 1.807) is 11.3 Å². The van der Waals surface area contributed by atoms with Gasteiger partial charge in [0, 0.05) is 4.88 Å². The van der Waals surface area contributed by atoms with Gasteiger partial charge in [-0.2, -0.15) is 0 Å². The largest absolute Gasteiger partial charge is 0.364 e. The quantitative estimate of drug-likeness (QED) is 0.740. The third kappa shape index (κ3) is 1.94. The smallest absolute Gasteiger partial charge is 0.200 e. The van der Waals surface area contributed by atoms with Gasteiger partial charge in [0.05, 0.1) is 17.7 Å². The van der Waals surface area contributed by atoms with Crippen LogP contribution in [0.25, 0.3) is 5.65 Å². The summed E-state index contributed by atoms with van der Waals surface area (Å²) in [5.74, 6) is 0.734. The average Bonchev–Trinajstić information content (AvgIpc) is 2.94. The molecule has 0 fully saturated rings. The number of nitrogens with zero attached hydrogens (tertiary/aromatic N) is 6. The fraction of sp³-hybridized carbons (Fsp3) is 0.222. The first-order valence-corrected chi connectivity index (χ1v) is 5.89. The maximum absolute atomic E-state index is 4.22. The number of rotatable bonds is 3. The predicted octanol–water partition coefficient (Wildman–Crippen LogP) is 0.896. The number of tetrazole rings is 1. The molecule has 0 saturated carbocycles. The van der Waals surface area contributed by atoms with Gasteiger partial charge >= 0.3 is 0 Å². The van der Waals surface area contributed by atoms with Crippen LogP contribution in [-0.2, 0) is 6.54 Å². The first-order chi connectivity index (χ1) is 8.33. The third-order valence-electron chi connectivity index (χ3n) is 2.34. The molecule has 1 N–H and O–H groups in total. The summed E-state index contributed by atoms with van der Waals surface area (Å²) in [6, 6.07) is 3.66. The summed E-state index contributed by atoms with van der Waals surface area (Å²) >= 11 is 1.63. The Kier molecular flexibility index (Phi) is 2.41. The maximum Gasteiger partial charge on any atom is 0.200 e. The SMILES string of the molecule is Cc1ncsc1CNc1ccc2nnnn2n1. The van der Waals surface area contributed by atoms with E-state index in [4.69, 9.17) is 0 Å². The molecule has 7 nitrogen and oxygen atoms in total. The summed E-state index contributed by atoms with van der Waals surface area (Å²) in [6.07, 6.45) is 0. The molecule has 0 aliphatic carbocycles. The zero-order valence-electron chi connectivity index (χ0n) is 9.03. The van der Waals surface area contributed by atoms with Crippen molar-refractivity contribution in [2.75, 3.05) is 5.32 Å². The van der Waals surface area contributed by atoms with Crippen LogP contribution in [0.1, 0.15) is 10.6 Å². The van der Waals surface area contributed by atoms with E-state index in [9.17, 15) is 0 Å². The van der Waals surface area contributed by atoms with Crippen LogP contribution >= 0.6 is 11.3 Å². The molecule has 8 heteroatoms. The molecule has 0 aliphatic rings. The molecule has 86 valence electrons. The third-order valence-corrected chi connectivity index (χ3v) is 3.28. The number of hydrogen-bond donors (Lipinski definition) is 1. The molecule has 0 aliphatic heterocycles. The summed E-state index contributed by atoms with van der Waals surface area (Å²) in [4.78, 5) is 5.39. The lowest BCUT2D eigenvalue weighted by Crippen LogP contribution is -2.04. The van der Waals surface area contributed by atoms with E-state index in [0.717, 1.165) is 11.5 Å². The van der Waals surface area contributed by atoms with Crippen molar-refractivity contribution in [3.05, 3.63) is 28.2 Å². The summed E-state index contributed by atoms with van der Waals surface area (Å²) in [6.45, 7) is 2.70. The summed E-state index contributed by atoms with van der Waals surface area (Å²) in [5, 5.41) is 18.5. The number of thiazole rings is 1. The van der Waals surface area contributed by atoms with Gasteiger partial charge in [0.25, 0.3) is 0 Å². The molecule has 3 heterocycles. The molecule has 0 unspecified atom stereocenters. The second-order valence-electron chi connectivity index (χ2n) is 3.46. The lowest BCUT2D eigenvalue weighted by atomic mass is 10.4. The zero-order chi connectivity index (χ0) is 11.7. The van der Waals surface area contributed by atoms with Crippen molar-refractivity contribution in [2.45, 2.75) is 13.5 Å². The first-order valence-electron chi connectivity index (χ1n) is 5.01. The van der Waals surface area contributed by atoms with Crippen LogP contribution in [0.3, 0.4) is 0 Å². The molecular weight excluding hydrogens is 238 g/mol. The van der Waals surface area contributed by atoms with Crippen molar-refractivity contribution in [3.8, 4) is 0 Å².